The lowest BCUT2D eigenvalue weighted by Crippen LogP contribution is -1.97. The van der Waals surface area contributed by atoms with Crippen LogP contribution in [0.15, 0.2) is 33.8 Å². The fraction of sp³-hybridized carbons (Fsp3) is 0.389. The first-order valence-corrected chi connectivity index (χ1v) is 8.18. The van der Waals surface area contributed by atoms with Crippen LogP contribution in [0.5, 0.6) is 5.75 Å². The Morgan fingerprint density at radius 3 is 2.75 bits per heavy atom. The minimum absolute atomic E-state index is 0.208. The Bertz CT molecular complexity index is 699. The summed E-state index contributed by atoms with van der Waals surface area (Å²) < 4.78 is 11.1. The number of ether oxygens (including phenoxy) is 1. The molecule has 0 atom stereocenters. The lowest BCUT2D eigenvalue weighted by molar-refractivity contribution is 0.306. The molecule has 0 radical (unpaired) electrons. The van der Waals surface area contributed by atoms with Crippen LogP contribution in [0.3, 0.4) is 0 Å². The van der Waals surface area contributed by atoms with E-state index in [0.29, 0.717) is 12.3 Å². The number of hydrazone groups is 1. The molecular weight excluding hydrogens is 304 g/mol. The van der Waals surface area contributed by atoms with Gasteiger partial charge in [0, 0.05) is 6.42 Å². The fourth-order valence-electron chi connectivity index (χ4n) is 2.02. The van der Waals surface area contributed by atoms with E-state index in [9.17, 15) is 0 Å². The van der Waals surface area contributed by atoms with Gasteiger partial charge in [-0.25, -0.2) is 10.4 Å². The summed E-state index contributed by atoms with van der Waals surface area (Å²) in [5, 5.41) is 13.1. The second-order valence-corrected chi connectivity index (χ2v) is 5.25. The largest absolute Gasteiger partial charge is 0.494 e. The van der Waals surface area contributed by atoms with Gasteiger partial charge in [-0.15, -0.1) is 0 Å². The first-order valence-electron chi connectivity index (χ1n) is 8.18. The lowest BCUT2D eigenvalue weighted by atomic mass is 10.2. The van der Waals surface area contributed by atoms with Crippen LogP contribution in [0.2, 0.25) is 0 Å². The maximum Gasteiger partial charge on any atom is 0.252 e. The summed E-state index contributed by atoms with van der Waals surface area (Å²) in [6.07, 6.45) is 5.71. The number of unbranched alkanes of at least 4 members (excludes halogenated alkanes) is 2. The van der Waals surface area contributed by atoms with E-state index in [1.54, 1.807) is 6.21 Å². The second-order valence-electron chi connectivity index (χ2n) is 5.25. The van der Waals surface area contributed by atoms with Crippen LogP contribution in [-0.2, 0) is 6.42 Å². The normalized spacial score (nSPS) is 10.7. The Hall–Kier alpha value is -2.81. The number of oxazole rings is 1. The van der Waals surface area contributed by atoms with Crippen LogP contribution in [0.25, 0.3) is 0 Å². The average molecular weight is 326 g/mol. The van der Waals surface area contributed by atoms with Gasteiger partial charge in [0.05, 0.1) is 12.8 Å². The molecule has 24 heavy (non-hydrogen) atoms. The van der Waals surface area contributed by atoms with Crippen molar-refractivity contribution in [2.45, 2.75) is 39.5 Å². The van der Waals surface area contributed by atoms with Crippen molar-refractivity contribution in [1.29, 1.82) is 5.26 Å². The van der Waals surface area contributed by atoms with Gasteiger partial charge in [-0.3, -0.25) is 0 Å². The third kappa shape index (κ3) is 5.13. The van der Waals surface area contributed by atoms with Crippen molar-refractivity contribution in [2.24, 2.45) is 5.10 Å². The third-order valence-electron chi connectivity index (χ3n) is 3.36. The summed E-state index contributed by atoms with van der Waals surface area (Å²) in [4.78, 5) is 4.05. The van der Waals surface area contributed by atoms with E-state index in [1.165, 1.54) is 12.8 Å². The van der Waals surface area contributed by atoms with Crippen molar-refractivity contribution >= 4 is 12.1 Å². The number of hydrogen-bond donors (Lipinski definition) is 1. The molecule has 1 aromatic heterocycles. The average Bonchev–Trinajstić information content (AvgIpc) is 3.02. The van der Waals surface area contributed by atoms with Crippen LogP contribution < -0.4 is 10.2 Å². The number of nitrogens with zero attached hydrogens (tertiary/aromatic N) is 3. The fourth-order valence-corrected chi connectivity index (χ4v) is 2.02. The minimum atomic E-state index is 0.208. The molecule has 0 bridgehead atoms. The smallest absolute Gasteiger partial charge is 0.252 e. The van der Waals surface area contributed by atoms with Crippen molar-refractivity contribution in [3.63, 3.8) is 0 Å². The summed E-state index contributed by atoms with van der Waals surface area (Å²) in [6.45, 7) is 4.82. The predicted molar refractivity (Wildman–Crippen MR) is 93.3 cm³/mol. The van der Waals surface area contributed by atoms with E-state index in [4.69, 9.17) is 14.4 Å². The maximum atomic E-state index is 9.00. The molecule has 0 aliphatic heterocycles. The standard InChI is InChI=1S/C18H22N4O2/c1-3-5-6-11-23-15-9-7-14(8-10-15)13-20-22-18-16(12-19)21-17(4-2)24-18/h7-10,13,22H,3-6,11H2,1-2H3/b20-13+. The van der Waals surface area contributed by atoms with Crippen molar-refractivity contribution in [3.8, 4) is 11.8 Å². The minimum Gasteiger partial charge on any atom is -0.494 e. The number of anilines is 1. The second kappa shape index (κ2) is 9.36. The van der Waals surface area contributed by atoms with Gasteiger partial charge in [0.2, 0.25) is 5.69 Å². The quantitative estimate of drug-likeness (QED) is 0.425. The summed E-state index contributed by atoms with van der Waals surface area (Å²) in [5.74, 6) is 1.63. The zero-order valence-electron chi connectivity index (χ0n) is 14.1. The van der Waals surface area contributed by atoms with E-state index in [2.05, 4.69) is 22.4 Å². The number of aryl methyl sites for hydroxylation is 1. The van der Waals surface area contributed by atoms with Gasteiger partial charge >= 0.3 is 0 Å². The van der Waals surface area contributed by atoms with Gasteiger partial charge in [-0.1, -0.05) is 26.7 Å². The zero-order chi connectivity index (χ0) is 17.2. The van der Waals surface area contributed by atoms with Crippen LogP contribution in [0.1, 0.15) is 50.3 Å². The zero-order valence-corrected chi connectivity index (χ0v) is 14.1. The molecule has 0 aliphatic rings. The first-order chi connectivity index (χ1) is 11.8. The molecular formula is C18H22N4O2. The molecule has 0 aliphatic carbocycles. The van der Waals surface area contributed by atoms with Crippen LogP contribution >= 0.6 is 0 Å². The lowest BCUT2D eigenvalue weighted by Gasteiger charge is -2.05. The highest BCUT2D eigenvalue weighted by molar-refractivity contribution is 5.80. The van der Waals surface area contributed by atoms with Crippen molar-refractivity contribution in [2.75, 3.05) is 12.0 Å². The van der Waals surface area contributed by atoms with Gasteiger partial charge in [-0.2, -0.15) is 10.4 Å². The van der Waals surface area contributed by atoms with E-state index in [1.807, 2.05) is 37.3 Å². The first kappa shape index (κ1) is 17.5. The van der Waals surface area contributed by atoms with Crippen LogP contribution in [0.4, 0.5) is 5.88 Å². The van der Waals surface area contributed by atoms with E-state index >= 15 is 0 Å². The van der Waals surface area contributed by atoms with Crippen LogP contribution in [0, 0.1) is 11.3 Å². The van der Waals surface area contributed by atoms with Gasteiger partial charge in [0.15, 0.2) is 5.89 Å². The monoisotopic (exact) mass is 326 g/mol. The Morgan fingerprint density at radius 2 is 2.08 bits per heavy atom. The number of nitriles is 1. The highest BCUT2D eigenvalue weighted by Gasteiger charge is 2.10. The molecule has 0 spiro atoms. The van der Waals surface area contributed by atoms with Gasteiger partial charge in [0.1, 0.15) is 11.8 Å². The van der Waals surface area contributed by atoms with E-state index in [-0.39, 0.29) is 11.6 Å². The summed E-state index contributed by atoms with van der Waals surface area (Å²) in [5.41, 5.74) is 3.84. The van der Waals surface area contributed by atoms with Crippen molar-refractivity contribution in [1.82, 2.24) is 4.98 Å². The molecule has 0 fully saturated rings. The molecule has 6 nitrogen and oxygen atoms in total. The Labute approximate surface area is 142 Å². The highest BCUT2D eigenvalue weighted by Crippen LogP contribution is 2.17. The predicted octanol–water partition coefficient (Wildman–Crippen LogP) is 4.12. The van der Waals surface area contributed by atoms with Crippen molar-refractivity contribution < 1.29 is 9.15 Å². The third-order valence-corrected chi connectivity index (χ3v) is 3.36. The van der Waals surface area contributed by atoms with Gasteiger partial charge < -0.3 is 9.15 Å². The summed E-state index contributed by atoms with van der Waals surface area (Å²) in [6, 6.07) is 9.65. The van der Waals surface area contributed by atoms with E-state index in [0.717, 1.165) is 24.3 Å². The Kier molecular flexibility index (Phi) is 6.84. The molecule has 1 heterocycles. The van der Waals surface area contributed by atoms with Gasteiger partial charge in [0.25, 0.3) is 5.88 Å². The number of nitrogens with one attached hydrogen (secondary N) is 1. The molecule has 0 saturated heterocycles. The van der Waals surface area contributed by atoms with Crippen molar-refractivity contribution in [3.05, 3.63) is 41.4 Å². The molecule has 1 aromatic carbocycles. The molecule has 0 unspecified atom stereocenters. The molecule has 6 heteroatoms. The van der Waals surface area contributed by atoms with Gasteiger partial charge in [-0.05, 0) is 36.2 Å². The molecule has 2 aromatic rings. The SMILES string of the molecule is CCCCCOc1ccc(/C=N/Nc2oc(CC)nc2C#N)cc1. The topological polar surface area (TPSA) is 83.4 Å². The molecule has 1 N–H and O–H groups in total. The summed E-state index contributed by atoms with van der Waals surface area (Å²) in [7, 11) is 0. The molecule has 0 saturated carbocycles. The van der Waals surface area contributed by atoms with Crippen LogP contribution in [-0.4, -0.2) is 17.8 Å². The Balaban J connectivity index is 1.88. The molecule has 126 valence electrons. The number of rotatable bonds is 9. The maximum absolute atomic E-state index is 9.00. The molecule has 2 rings (SSSR count). The Morgan fingerprint density at radius 1 is 1.29 bits per heavy atom. The summed E-state index contributed by atoms with van der Waals surface area (Å²) >= 11 is 0. The highest BCUT2D eigenvalue weighted by atomic mass is 16.5. The van der Waals surface area contributed by atoms with E-state index < -0.39 is 0 Å². The number of hydrogen-bond acceptors (Lipinski definition) is 6. The molecule has 0 amide bonds. The number of benzene rings is 1. The number of aromatic nitrogens is 1.